The van der Waals surface area contributed by atoms with Gasteiger partial charge in [-0.2, -0.15) is 11.8 Å². The lowest BCUT2D eigenvalue weighted by Gasteiger charge is -1.80. The van der Waals surface area contributed by atoms with Crippen molar-refractivity contribution in [3.63, 3.8) is 0 Å². The van der Waals surface area contributed by atoms with E-state index in [4.69, 9.17) is 5.73 Å². The summed E-state index contributed by atoms with van der Waals surface area (Å²) in [4.78, 5) is 0. The lowest BCUT2D eigenvalue weighted by molar-refractivity contribution is 1.25. The molecule has 0 unspecified atom stereocenters. The molecule has 0 rings (SSSR count). The van der Waals surface area contributed by atoms with Crippen molar-refractivity contribution in [3.8, 4) is 0 Å². The van der Waals surface area contributed by atoms with Gasteiger partial charge in [0.25, 0.3) is 0 Å². The summed E-state index contributed by atoms with van der Waals surface area (Å²) in [6.07, 6.45) is 6.11. The maximum absolute atomic E-state index is 5.17. The van der Waals surface area contributed by atoms with E-state index >= 15 is 0 Å². The zero-order valence-corrected chi connectivity index (χ0v) is 5.37. The molecule has 0 heterocycles. The predicted octanol–water partition coefficient (Wildman–Crippen LogP) is 0.864. The zero-order chi connectivity index (χ0) is 5.54. The Morgan fingerprint density at radius 1 is 1.57 bits per heavy atom. The monoisotopic (exact) mass is 117 g/mol. The number of hydrogen-bond donors (Lipinski definition) is 1. The van der Waals surface area contributed by atoms with Crippen LogP contribution in [0.2, 0.25) is 0 Å². The van der Waals surface area contributed by atoms with Crippen molar-refractivity contribution < 1.29 is 0 Å². The van der Waals surface area contributed by atoms with Gasteiger partial charge in [-0.15, -0.1) is 0 Å². The van der Waals surface area contributed by atoms with E-state index in [1.807, 2.05) is 6.08 Å². The summed E-state index contributed by atoms with van der Waals surface area (Å²) < 4.78 is 0. The van der Waals surface area contributed by atoms with Gasteiger partial charge in [0.15, 0.2) is 0 Å². The van der Waals surface area contributed by atoms with Gasteiger partial charge in [0.2, 0.25) is 0 Å². The second-order valence-electron chi connectivity index (χ2n) is 1.16. The van der Waals surface area contributed by atoms with Crippen LogP contribution in [0, 0.1) is 0 Å². The van der Waals surface area contributed by atoms with Crippen LogP contribution in [0.4, 0.5) is 0 Å². The molecule has 0 atom stereocenters. The number of rotatable bonds is 3. The second-order valence-corrected chi connectivity index (χ2v) is 2.07. The van der Waals surface area contributed by atoms with Gasteiger partial charge in [-0.05, 0) is 6.26 Å². The summed E-state index contributed by atoms with van der Waals surface area (Å²) in [7, 11) is 0. The second kappa shape index (κ2) is 6.05. The van der Waals surface area contributed by atoms with E-state index in [0.717, 1.165) is 5.75 Å². The molecule has 0 radical (unpaired) electrons. The maximum atomic E-state index is 5.17. The van der Waals surface area contributed by atoms with E-state index in [2.05, 4.69) is 12.3 Å². The Kier molecular flexibility index (Phi) is 6.09. The van der Waals surface area contributed by atoms with Crippen molar-refractivity contribution in [2.45, 2.75) is 0 Å². The molecule has 0 aromatic rings. The SMILES string of the molecule is CSCC=CCN. The molecule has 0 saturated heterocycles. The quantitative estimate of drug-likeness (QED) is 0.555. The summed E-state index contributed by atoms with van der Waals surface area (Å²) >= 11 is 1.80. The zero-order valence-electron chi connectivity index (χ0n) is 4.55. The molecule has 0 bridgehead atoms. The van der Waals surface area contributed by atoms with E-state index in [9.17, 15) is 0 Å². The summed E-state index contributed by atoms with van der Waals surface area (Å²) in [6, 6.07) is 0. The fourth-order valence-electron chi connectivity index (χ4n) is 0.260. The van der Waals surface area contributed by atoms with Crippen molar-refractivity contribution in [3.05, 3.63) is 12.2 Å². The van der Waals surface area contributed by atoms with Gasteiger partial charge in [0, 0.05) is 12.3 Å². The van der Waals surface area contributed by atoms with Crippen molar-refractivity contribution in [1.82, 2.24) is 0 Å². The molecular formula is C5H11NS. The summed E-state index contributed by atoms with van der Waals surface area (Å²) in [6.45, 7) is 0.667. The van der Waals surface area contributed by atoms with E-state index in [1.54, 1.807) is 11.8 Å². The van der Waals surface area contributed by atoms with Gasteiger partial charge in [-0.1, -0.05) is 12.2 Å². The fourth-order valence-corrected chi connectivity index (χ4v) is 0.589. The van der Waals surface area contributed by atoms with Crippen LogP contribution in [0.3, 0.4) is 0 Å². The summed E-state index contributed by atoms with van der Waals surface area (Å²) in [5.41, 5.74) is 5.17. The molecule has 7 heavy (non-hydrogen) atoms. The molecule has 1 nitrogen and oxygen atoms in total. The molecule has 0 saturated carbocycles. The van der Waals surface area contributed by atoms with Crippen LogP contribution in [0.25, 0.3) is 0 Å². The number of nitrogens with two attached hydrogens (primary N) is 1. The lowest BCUT2D eigenvalue weighted by atomic mass is 10.5. The fraction of sp³-hybridized carbons (Fsp3) is 0.600. The molecule has 2 heteroatoms. The number of hydrogen-bond acceptors (Lipinski definition) is 2. The highest BCUT2D eigenvalue weighted by molar-refractivity contribution is 7.98. The van der Waals surface area contributed by atoms with E-state index in [1.165, 1.54) is 0 Å². The smallest absolute Gasteiger partial charge is 0.0111 e. The van der Waals surface area contributed by atoms with Gasteiger partial charge in [0.05, 0.1) is 0 Å². The predicted molar refractivity (Wildman–Crippen MR) is 36.6 cm³/mol. The van der Waals surface area contributed by atoms with Crippen molar-refractivity contribution >= 4 is 11.8 Å². The van der Waals surface area contributed by atoms with E-state index in [0.29, 0.717) is 6.54 Å². The number of thioether (sulfide) groups is 1. The van der Waals surface area contributed by atoms with Crippen LogP contribution in [0.15, 0.2) is 12.2 Å². The van der Waals surface area contributed by atoms with Crippen LogP contribution >= 0.6 is 11.8 Å². The molecule has 42 valence electrons. The molecule has 0 spiro atoms. The Bertz CT molecular complexity index is 52.0. The molecule has 2 N–H and O–H groups in total. The topological polar surface area (TPSA) is 26.0 Å². The molecular weight excluding hydrogens is 106 g/mol. The first-order valence-electron chi connectivity index (χ1n) is 2.26. The van der Waals surface area contributed by atoms with E-state index in [-0.39, 0.29) is 0 Å². The molecule has 0 fully saturated rings. The van der Waals surface area contributed by atoms with Crippen molar-refractivity contribution in [2.75, 3.05) is 18.6 Å². The Morgan fingerprint density at radius 3 is 2.71 bits per heavy atom. The molecule has 0 aromatic heterocycles. The average Bonchev–Trinajstić information content (AvgIpc) is 1.69. The van der Waals surface area contributed by atoms with Gasteiger partial charge in [0.1, 0.15) is 0 Å². The minimum absolute atomic E-state index is 0.667. The first kappa shape index (κ1) is 7.05. The summed E-state index contributed by atoms with van der Waals surface area (Å²) in [5.74, 6) is 1.08. The Labute approximate surface area is 49.0 Å². The lowest BCUT2D eigenvalue weighted by Crippen LogP contribution is -1.92. The third-order valence-electron chi connectivity index (χ3n) is 0.566. The standard InChI is InChI=1S/C5H11NS/c1-7-5-3-2-4-6/h2-3H,4-6H2,1H3. The molecule has 0 aromatic carbocycles. The molecule has 0 amide bonds. The van der Waals surface area contributed by atoms with Crippen LogP contribution < -0.4 is 5.73 Å². The first-order valence-corrected chi connectivity index (χ1v) is 3.65. The van der Waals surface area contributed by atoms with Crippen LogP contribution in [-0.2, 0) is 0 Å². The van der Waals surface area contributed by atoms with E-state index < -0.39 is 0 Å². The van der Waals surface area contributed by atoms with Crippen LogP contribution in [0.1, 0.15) is 0 Å². The van der Waals surface area contributed by atoms with Crippen LogP contribution in [0.5, 0.6) is 0 Å². The van der Waals surface area contributed by atoms with Gasteiger partial charge in [-0.3, -0.25) is 0 Å². The first-order chi connectivity index (χ1) is 3.41. The van der Waals surface area contributed by atoms with Crippen LogP contribution in [-0.4, -0.2) is 18.6 Å². The van der Waals surface area contributed by atoms with Crippen molar-refractivity contribution in [1.29, 1.82) is 0 Å². The largest absolute Gasteiger partial charge is 0.327 e. The highest BCUT2D eigenvalue weighted by atomic mass is 32.2. The van der Waals surface area contributed by atoms with Gasteiger partial charge >= 0.3 is 0 Å². The Hall–Kier alpha value is 0.0500. The van der Waals surface area contributed by atoms with Gasteiger partial charge < -0.3 is 5.73 Å². The Balaban J connectivity index is 2.78. The third kappa shape index (κ3) is 6.05. The third-order valence-corrected chi connectivity index (χ3v) is 1.09. The Morgan fingerprint density at radius 2 is 2.29 bits per heavy atom. The highest BCUT2D eigenvalue weighted by Crippen LogP contribution is 1.89. The average molecular weight is 117 g/mol. The molecule has 0 aliphatic heterocycles. The highest BCUT2D eigenvalue weighted by Gasteiger charge is 1.67. The molecule has 0 aliphatic rings. The minimum Gasteiger partial charge on any atom is -0.327 e. The molecule has 0 aliphatic carbocycles. The van der Waals surface area contributed by atoms with Gasteiger partial charge in [-0.25, -0.2) is 0 Å². The van der Waals surface area contributed by atoms with Crippen molar-refractivity contribution in [2.24, 2.45) is 5.73 Å². The maximum Gasteiger partial charge on any atom is 0.0111 e. The normalized spacial score (nSPS) is 10.6. The minimum atomic E-state index is 0.667. The summed E-state index contributed by atoms with van der Waals surface area (Å²) in [5, 5.41) is 0.